The number of hydrogen-bond donors (Lipinski definition) is 1. The van der Waals surface area contributed by atoms with Crippen molar-refractivity contribution in [3.63, 3.8) is 0 Å². The van der Waals surface area contributed by atoms with E-state index in [0.717, 1.165) is 11.1 Å². The van der Waals surface area contributed by atoms with Crippen LogP contribution in [0.1, 0.15) is 24.1 Å². The Morgan fingerprint density at radius 2 is 1.65 bits per heavy atom. The quantitative estimate of drug-likeness (QED) is 0.725. The molecule has 0 aliphatic heterocycles. The fourth-order valence-electron chi connectivity index (χ4n) is 2.88. The predicted molar refractivity (Wildman–Crippen MR) is 98.2 cm³/mol. The predicted octanol–water partition coefficient (Wildman–Crippen LogP) is 2.74. The zero-order valence-electron chi connectivity index (χ0n) is 14.5. The van der Waals surface area contributed by atoms with Gasteiger partial charge in [-0.25, -0.2) is 12.8 Å². The number of nitrogens with zero attached hydrogens (tertiary/aromatic N) is 1. The molecule has 2 aromatic carbocycles. The molecule has 0 aromatic heterocycles. The van der Waals surface area contributed by atoms with Crippen LogP contribution >= 0.6 is 0 Å². The highest BCUT2D eigenvalue weighted by Gasteiger charge is 2.24. The lowest BCUT2D eigenvalue weighted by Gasteiger charge is -2.31. The molecule has 7 heteroatoms. The van der Waals surface area contributed by atoms with Crippen LogP contribution in [0.15, 0.2) is 54.6 Å². The Hall–Kier alpha value is -2.25. The van der Waals surface area contributed by atoms with Crippen LogP contribution in [0, 0.1) is 5.82 Å². The molecule has 1 N–H and O–H groups in total. The van der Waals surface area contributed by atoms with E-state index in [1.54, 1.807) is 12.1 Å². The lowest BCUT2D eigenvalue weighted by Crippen LogP contribution is -2.35. The van der Waals surface area contributed by atoms with Crippen LogP contribution in [-0.2, 0) is 14.6 Å². The second-order valence-electron chi connectivity index (χ2n) is 5.98. The number of sulfone groups is 1. The van der Waals surface area contributed by atoms with E-state index >= 15 is 0 Å². The summed E-state index contributed by atoms with van der Waals surface area (Å²) in [6, 6.07) is 15.4. The lowest BCUT2D eigenvalue weighted by atomic mass is 9.97. The highest BCUT2D eigenvalue weighted by molar-refractivity contribution is 7.92. The Morgan fingerprint density at radius 3 is 2.19 bits per heavy atom. The van der Waals surface area contributed by atoms with Crippen LogP contribution in [0.4, 0.5) is 4.39 Å². The maximum absolute atomic E-state index is 13.3. The number of benzene rings is 2. The van der Waals surface area contributed by atoms with Crippen molar-refractivity contribution in [2.45, 2.75) is 13.0 Å². The first-order valence-electron chi connectivity index (χ1n) is 8.29. The van der Waals surface area contributed by atoms with Gasteiger partial charge in [0.1, 0.15) is 11.6 Å². The smallest absolute Gasteiger partial charge is 0.318 e. The zero-order valence-corrected chi connectivity index (χ0v) is 15.3. The molecule has 0 saturated heterocycles. The lowest BCUT2D eigenvalue weighted by molar-refractivity contribution is -0.134. The van der Waals surface area contributed by atoms with E-state index in [0.29, 0.717) is 6.54 Å². The van der Waals surface area contributed by atoms with E-state index in [4.69, 9.17) is 5.11 Å². The average molecular weight is 379 g/mol. The first kappa shape index (κ1) is 20.1. The summed E-state index contributed by atoms with van der Waals surface area (Å²) in [4.78, 5) is 12.7. The molecule has 1 atom stereocenters. The fraction of sp³-hybridized carbons (Fsp3) is 0.316. The Labute approximate surface area is 153 Å². The molecule has 0 bridgehead atoms. The van der Waals surface area contributed by atoms with E-state index in [-0.39, 0.29) is 24.2 Å². The van der Waals surface area contributed by atoms with Crippen molar-refractivity contribution in [2.24, 2.45) is 0 Å². The third-order valence-corrected chi connectivity index (χ3v) is 5.60. The normalized spacial score (nSPS) is 12.9. The summed E-state index contributed by atoms with van der Waals surface area (Å²) in [5.74, 6) is -2.83. The van der Waals surface area contributed by atoms with Gasteiger partial charge in [-0.3, -0.25) is 9.69 Å². The number of rotatable bonds is 9. The second kappa shape index (κ2) is 8.91. The molecule has 2 aromatic rings. The number of carbonyl (C=O) groups is 1. The van der Waals surface area contributed by atoms with Crippen LogP contribution in [-0.4, -0.2) is 49.0 Å². The minimum absolute atomic E-state index is 0.184. The van der Waals surface area contributed by atoms with Crippen molar-refractivity contribution in [1.29, 1.82) is 0 Å². The van der Waals surface area contributed by atoms with E-state index in [2.05, 4.69) is 0 Å². The van der Waals surface area contributed by atoms with Gasteiger partial charge in [0.25, 0.3) is 0 Å². The molecule has 5 nitrogen and oxygen atoms in total. The second-order valence-corrected chi connectivity index (χ2v) is 8.16. The SMILES string of the molecule is CCN(CCS(=O)(=O)CC(=O)O)C(c1ccccc1)c1ccc(F)cc1. The van der Waals surface area contributed by atoms with Gasteiger partial charge in [0.2, 0.25) is 0 Å². The molecule has 0 fully saturated rings. The summed E-state index contributed by atoms with van der Waals surface area (Å²) in [6.45, 7) is 2.64. The minimum atomic E-state index is -3.69. The van der Waals surface area contributed by atoms with E-state index in [1.165, 1.54) is 12.1 Å². The van der Waals surface area contributed by atoms with Crippen molar-refractivity contribution in [3.05, 3.63) is 71.5 Å². The molecular formula is C19H22FNO4S. The average Bonchev–Trinajstić information content (AvgIpc) is 2.59. The number of carboxylic acid groups (broad SMARTS) is 1. The summed E-state index contributed by atoms with van der Waals surface area (Å²) in [5.41, 5.74) is 1.80. The molecule has 0 amide bonds. The third kappa shape index (κ3) is 5.64. The molecule has 0 heterocycles. The van der Waals surface area contributed by atoms with Gasteiger partial charge in [-0.1, -0.05) is 49.4 Å². The summed E-state index contributed by atoms with van der Waals surface area (Å²) >= 11 is 0. The van der Waals surface area contributed by atoms with Crippen molar-refractivity contribution < 1.29 is 22.7 Å². The van der Waals surface area contributed by atoms with E-state index in [1.807, 2.05) is 42.2 Å². The number of aliphatic carboxylic acids is 1. The van der Waals surface area contributed by atoms with Gasteiger partial charge in [0, 0.05) is 6.54 Å². The van der Waals surface area contributed by atoms with Crippen molar-refractivity contribution in [3.8, 4) is 0 Å². The van der Waals surface area contributed by atoms with Crippen LogP contribution in [0.3, 0.4) is 0 Å². The Kier molecular flexibility index (Phi) is 6.88. The molecule has 0 aliphatic rings. The molecule has 0 radical (unpaired) electrons. The van der Waals surface area contributed by atoms with Gasteiger partial charge in [-0.2, -0.15) is 0 Å². The van der Waals surface area contributed by atoms with Crippen LogP contribution in [0.5, 0.6) is 0 Å². The summed E-state index contributed by atoms with van der Waals surface area (Å²) in [6.07, 6.45) is 0. The van der Waals surface area contributed by atoms with Crippen molar-refractivity contribution >= 4 is 15.8 Å². The topological polar surface area (TPSA) is 74.7 Å². The Balaban J connectivity index is 2.30. The summed E-state index contributed by atoms with van der Waals surface area (Å²) < 4.78 is 37.2. The van der Waals surface area contributed by atoms with Gasteiger partial charge < -0.3 is 5.11 Å². The third-order valence-electron chi connectivity index (χ3n) is 4.11. The highest BCUT2D eigenvalue weighted by atomic mass is 32.2. The molecule has 0 saturated carbocycles. The highest BCUT2D eigenvalue weighted by Crippen LogP contribution is 2.28. The maximum atomic E-state index is 13.3. The van der Waals surface area contributed by atoms with E-state index < -0.39 is 21.6 Å². The molecule has 140 valence electrons. The Bertz CT molecular complexity index is 822. The van der Waals surface area contributed by atoms with Crippen molar-refractivity contribution in [1.82, 2.24) is 4.90 Å². The minimum Gasteiger partial charge on any atom is -0.480 e. The standard InChI is InChI=1S/C19H22FNO4S/c1-2-21(12-13-26(24,25)14-18(22)23)19(15-6-4-3-5-7-15)16-8-10-17(20)11-9-16/h3-11,19H,2,12-14H2,1H3,(H,22,23). The van der Waals surface area contributed by atoms with Gasteiger partial charge >= 0.3 is 5.97 Å². The zero-order chi connectivity index (χ0) is 19.2. The summed E-state index contributed by atoms with van der Waals surface area (Å²) in [7, 11) is -3.69. The van der Waals surface area contributed by atoms with Gasteiger partial charge in [-0.05, 0) is 29.8 Å². The first-order chi connectivity index (χ1) is 12.3. The monoisotopic (exact) mass is 379 g/mol. The number of halogens is 1. The van der Waals surface area contributed by atoms with Crippen LogP contribution in [0.2, 0.25) is 0 Å². The van der Waals surface area contributed by atoms with Crippen LogP contribution < -0.4 is 0 Å². The maximum Gasteiger partial charge on any atom is 0.318 e. The largest absolute Gasteiger partial charge is 0.480 e. The molecule has 1 unspecified atom stereocenters. The summed E-state index contributed by atoms with van der Waals surface area (Å²) in [5, 5.41) is 8.73. The van der Waals surface area contributed by atoms with Crippen molar-refractivity contribution in [2.75, 3.05) is 24.6 Å². The van der Waals surface area contributed by atoms with Gasteiger partial charge in [0.05, 0.1) is 11.8 Å². The van der Waals surface area contributed by atoms with Crippen LogP contribution in [0.25, 0.3) is 0 Å². The fourth-order valence-corrected chi connectivity index (χ4v) is 3.91. The number of carboxylic acids is 1. The van der Waals surface area contributed by atoms with E-state index in [9.17, 15) is 17.6 Å². The van der Waals surface area contributed by atoms with Gasteiger partial charge in [-0.15, -0.1) is 0 Å². The first-order valence-corrected chi connectivity index (χ1v) is 10.1. The molecule has 26 heavy (non-hydrogen) atoms. The van der Waals surface area contributed by atoms with Gasteiger partial charge in [0.15, 0.2) is 9.84 Å². The molecule has 0 spiro atoms. The molecular weight excluding hydrogens is 357 g/mol. The molecule has 0 aliphatic carbocycles. The Morgan fingerprint density at radius 1 is 1.08 bits per heavy atom. The number of hydrogen-bond acceptors (Lipinski definition) is 4. The molecule has 2 rings (SSSR count).